The van der Waals surface area contributed by atoms with Crippen molar-refractivity contribution in [2.45, 2.75) is 61.4 Å². The summed E-state index contributed by atoms with van der Waals surface area (Å²) in [6, 6.07) is 19.7. The summed E-state index contributed by atoms with van der Waals surface area (Å²) in [5.41, 5.74) is 0.160. The lowest BCUT2D eigenvalue weighted by Crippen LogP contribution is -2.42. The van der Waals surface area contributed by atoms with Gasteiger partial charge in [0.15, 0.2) is 0 Å². The third-order valence-corrected chi connectivity index (χ3v) is 9.72. The van der Waals surface area contributed by atoms with Gasteiger partial charge in [0.05, 0.1) is 11.8 Å². The molecule has 2 saturated carbocycles. The maximum Gasteiger partial charge on any atom is 0.309 e. The topological polar surface area (TPSA) is 115 Å². The maximum absolute atomic E-state index is 13.1. The van der Waals surface area contributed by atoms with E-state index < -0.39 is 34.9 Å². The smallest absolute Gasteiger partial charge is 0.309 e. The number of hydrogen-bond donors (Lipinski definition) is 2. The highest BCUT2D eigenvalue weighted by Crippen LogP contribution is 2.56. The van der Waals surface area contributed by atoms with Crippen LogP contribution in [0.2, 0.25) is 0 Å². The molecular formula is C30H32N2O6. The molecule has 0 radical (unpaired) electrons. The van der Waals surface area contributed by atoms with Crippen LogP contribution in [-0.4, -0.2) is 67.9 Å². The third kappa shape index (κ3) is 3.64. The minimum Gasteiger partial charge on any atom is -0.481 e. The molecular weight excluding hydrogens is 484 g/mol. The normalized spacial score (nSPS) is 34.0. The molecule has 0 bridgehead atoms. The summed E-state index contributed by atoms with van der Waals surface area (Å²) in [5, 5.41) is 20.1. The molecule has 0 aromatic heterocycles. The molecule has 38 heavy (non-hydrogen) atoms. The Morgan fingerprint density at radius 2 is 1.05 bits per heavy atom. The Kier molecular flexibility index (Phi) is 5.81. The van der Waals surface area contributed by atoms with E-state index in [0.29, 0.717) is 25.7 Å². The molecule has 2 amide bonds. The monoisotopic (exact) mass is 516 g/mol. The summed E-state index contributed by atoms with van der Waals surface area (Å²) >= 11 is 0. The van der Waals surface area contributed by atoms with Gasteiger partial charge in [-0.15, -0.1) is 0 Å². The summed E-state index contributed by atoms with van der Waals surface area (Å²) in [4.78, 5) is 53.9. The molecule has 2 aromatic carbocycles. The first-order valence-electron chi connectivity index (χ1n) is 13.5. The number of rotatable bonds is 7. The van der Waals surface area contributed by atoms with Crippen LogP contribution in [0.5, 0.6) is 0 Å². The highest BCUT2D eigenvalue weighted by Gasteiger charge is 2.72. The fourth-order valence-corrected chi connectivity index (χ4v) is 7.60. The lowest BCUT2D eigenvalue weighted by atomic mass is 9.71. The van der Waals surface area contributed by atoms with Gasteiger partial charge < -0.3 is 20.0 Å². The van der Waals surface area contributed by atoms with E-state index in [-0.39, 0.29) is 36.7 Å². The number of carbonyl (C=O) groups excluding carboxylic acids is 2. The molecule has 2 N–H and O–H groups in total. The second kappa shape index (κ2) is 8.96. The highest BCUT2D eigenvalue weighted by atomic mass is 16.4. The third-order valence-electron chi connectivity index (χ3n) is 9.72. The SMILES string of the molecule is O=C(O)C1CC(c2ccccc2)CCC12C(=O)N2CCN1C(=O)C12CCC(c1ccccc1)CC2C(=O)O. The van der Waals surface area contributed by atoms with Crippen LogP contribution in [-0.2, 0) is 19.2 Å². The van der Waals surface area contributed by atoms with E-state index in [1.165, 1.54) is 0 Å². The predicted octanol–water partition coefficient (Wildman–Crippen LogP) is 3.49. The van der Waals surface area contributed by atoms with Crippen LogP contribution in [0.15, 0.2) is 60.7 Å². The van der Waals surface area contributed by atoms with Crippen LogP contribution in [0, 0.1) is 11.8 Å². The number of carbonyl (C=O) groups is 4. The molecule has 4 fully saturated rings. The van der Waals surface area contributed by atoms with Gasteiger partial charge in [-0.1, -0.05) is 60.7 Å². The predicted molar refractivity (Wildman–Crippen MR) is 137 cm³/mol. The van der Waals surface area contributed by atoms with Crippen molar-refractivity contribution >= 4 is 23.8 Å². The second-order valence-electron chi connectivity index (χ2n) is 11.3. The minimum absolute atomic E-state index is 0.0892. The molecule has 8 heteroatoms. The molecule has 2 spiro atoms. The molecule has 6 atom stereocenters. The average molecular weight is 517 g/mol. The van der Waals surface area contributed by atoms with E-state index in [9.17, 15) is 29.4 Å². The van der Waals surface area contributed by atoms with Gasteiger partial charge in [-0.2, -0.15) is 0 Å². The number of hydrogen-bond acceptors (Lipinski definition) is 4. The Morgan fingerprint density at radius 3 is 1.39 bits per heavy atom. The number of carboxylic acids is 2. The molecule has 2 heterocycles. The average Bonchev–Trinajstić information content (AvgIpc) is 3.71. The van der Waals surface area contributed by atoms with Gasteiger partial charge in [-0.05, 0) is 61.5 Å². The van der Waals surface area contributed by atoms with Gasteiger partial charge in [-0.3, -0.25) is 19.2 Å². The Hall–Kier alpha value is -3.68. The number of nitrogens with zero attached hydrogens (tertiary/aromatic N) is 2. The molecule has 8 nitrogen and oxygen atoms in total. The van der Waals surface area contributed by atoms with E-state index in [1.807, 2.05) is 60.7 Å². The maximum atomic E-state index is 13.1. The standard InChI is InChI=1S/C30H32N2O6/c33-25(34)23-17-21(19-7-3-1-4-8-19)11-13-29(23)27(37)31(29)15-16-32-28(38)30(32)14-12-22(18-24(30)26(35)36)20-9-5-2-6-10-20/h1-10,21-24H,11-18H2,(H,33,34)(H,35,36). The zero-order valence-corrected chi connectivity index (χ0v) is 21.2. The summed E-state index contributed by atoms with van der Waals surface area (Å²) in [5.74, 6) is -3.69. The number of benzene rings is 2. The molecule has 2 aliphatic heterocycles. The Morgan fingerprint density at radius 1 is 0.684 bits per heavy atom. The van der Waals surface area contributed by atoms with Crippen molar-refractivity contribution in [2.24, 2.45) is 11.8 Å². The quantitative estimate of drug-likeness (QED) is 0.545. The second-order valence-corrected chi connectivity index (χ2v) is 11.3. The zero-order chi connectivity index (χ0) is 26.7. The van der Waals surface area contributed by atoms with Crippen LogP contribution in [0.1, 0.15) is 61.5 Å². The van der Waals surface area contributed by atoms with E-state index in [1.54, 1.807) is 9.80 Å². The van der Waals surface area contributed by atoms with Crippen molar-refractivity contribution in [3.05, 3.63) is 71.8 Å². The van der Waals surface area contributed by atoms with Gasteiger partial charge in [0, 0.05) is 13.1 Å². The number of amides is 2. The van der Waals surface area contributed by atoms with Crippen molar-refractivity contribution in [2.75, 3.05) is 13.1 Å². The molecule has 198 valence electrons. The van der Waals surface area contributed by atoms with Crippen LogP contribution < -0.4 is 0 Å². The molecule has 6 rings (SSSR count). The van der Waals surface area contributed by atoms with Crippen LogP contribution >= 0.6 is 0 Å². The van der Waals surface area contributed by atoms with Crippen LogP contribution in [0.25, 0.3) is 0 Å². The summed E-state index contributed by atoms with van der Waals surface area (Å²) in [6.45, 7) is 0.473. The Balaban J connectivity index is 1.13. The van der Waals surface area contributed by atoms with Crippen LogP contribution in [0.4, 0.5) is 0 Å². The van der Waals surface area contributed by atoms with Gasteiger partial charge in [-0.25, -0.2) is 0 Å². The van der Waals surface area contributed by atoms with Gasteiger partial charge in [0.1, 0.15) is 11.1 Å². The van der Waals surface area contributed by atoms with E-state index in [4.69, 9.17) is 0 Å². The van der Waals surface area contributed by atoms with Crippen molar-refractivity contribution in [3.8, 4) is 0 Å². The molecule has 2 aromatic rings. The van der Waals surface area contributed by atoms with E-state index >= 15 is 0 Å². The first kappa shape index (κ1) is 24.6. The fourth-order valence-electron chi connectivity index (χ4n) is 7.60. The largest absolute Gasteiger partial charge is 0.481 e. The lowest BCUT2D eigenvalue weighted by Gasteiger charge is -2.34. The van der Waals surface area contributed by atoms with Crippen molar-refractivity contribution in [1.29, 1.82) is 0 Å². The van der Waals surface area contributed by atoms with Crippen molar-refractivity contribution in [3.63, 3.8) is 0 Å². The summed E-state index contributed by atoms with van der Waals surface area (Å²) in [7, 11) is 0. The van der Waals surface area contributed by atoms with Crippen LogP contribution in [0.3, 0.4) is 0 Å². The van der Waals surface area contributed by atoms with Gasteiger partial charge in [0.2, 0.25) is 11.8 Å². The first-order chi connectivity index (χ1) is 18.3. The van der Waals surface area contributed by atoms with Gasteiger partial charge >= 0.3 is 11.9 Å². The molecule has 2 saturated heterocycles. The first-order valence-corrected chi connectivity index (χ1v) is 13.5. The molecule has 6 unspecified atom stereocenters. The minimum atomic E-state index is -1.01. The van der Waals surface area contributed by atoms with Gasteiger partial charge in [0.25, 0.3) is 0 Å². The Bertz CT molecular complexity index is 1180. The number of aliphatic carboxylic acids is 2. The highest BCUT2D eigenvalue weighted by molar-refractivity contribution is 6.07. The number of carboxylic acid groups (broad SMARTS) is 2. The fraction of sp³-hybridized carbons (Fsp3) is 0.467. The van der Waals surface area contributed by atoms with E-state index in [0.717, 1.165) is 24.0 Å². The lowest BCUT2D eigenvalue weighted by molar-refractivity contribution is -0.146. The summed E-state index contributed by atoms with van der Waals surface area (Å²) in [6.07, 6.45) is 3.19. The van der Waals surface area contributed by atoms with Crippen molar-refractivity contribution < 1.29 is 29.4 Å². The zero-order valence-electron chi connectivity index (χ0n) is 21.2. The van der Waals surface area contributed by atoms with Crippen molar-refractivity contribution in [1.82, 2.24) is 9.80 Å². The Labute approximate surface area is 221 Å². The van der Waals surface area contributed by atoms with E-state index in [2.05, 4.69) is 0 Å². The molecule has 4 aliphatic rings. The summed E-state index contributed by atoms with van der Waals surface area (Å²) < 4.78 is 0. The molecule has 2 aliphatic carbocycles.